The van der Waals surface area contributed by atoms with Crippen LogP contribution in [-0.2, 0) is 19.0 Å². The van der Waals surface area contributed by atoms with Crippen LogP contribution in [0.4, 0.5) is 0 Å². The largest absolute Gasteiger partial charge is 0.466 e. The molecule has 0 saturated carbocycles. The first kappa shape index (κ1) is 22.9. The zero-order chi connectivity index (χ0) is 20.2. The van der Waals surface area contributed by atoms with Crippen molar-refractivity contribution in [3.05, 3.63) is 65.8 Å². The molecular formula is C23H32O4. The Morgan fingerprint density at radius 3 is 2.22 bits per heavy atom. The molecule has 1 aromatic carbocycles. The quantitative estimate of drug-likeness (QED) is 0.340. The maximum Gasteiger partial charge on any atom is 0.330 e. The van der Waals surface area contributed by atoms with Crippen molar-refractivity contribution in [1.82, 2.24) is 0 Å². The first-order chi connectivity index (χ1) is 12.9. The third-order valence-corrected chi connectivity index (χ3v) is 4.59. The van der Waals surface area contributed by atoms with Gasteiger partial charge in [-0.2, -0.15) is 0 Å². The summed E-state index contributed by atoms with van der Waals surface area (Å²) in [4.78, 5) is 11.3. The van der Waals surface area contributed by atoms with Crippen molar-refractivity contribution in [1.29, 1.82) is 0 Å². The highest BCUT2D eigenvalue weighted by Gasteiger charge is 2.27. The van der Waals surface area contributed by atoms with Crippen molar-refractivity contribution in [3.63, 3.8) is 0 Å². The Morgan fingerprint density at radius 2 is 1.67 bits per heavy atom. The van der Waals surface area contributed by atoms with Crippen LogP contribution in [0.25, 0.3) is 6.08 Å². The molecule has 27 heavy (non-hydrogen) atoms. The number of allylic oxidation sites excluding steroid dienone is 2. The van der Waals surface area contributed by atoms with E-state index in [1.165, 1.54) is 13.2 Å². The summed E-state index contributed by atoms with van der Waals surface area (Å²) >= 11 is 0. The van der Waals surface area contributed by atoms with Crippen molar-refractivity contribution in [3.8, 4) is 0 Å². The number of esters is 1. The topological polar surface area (TPSA) is 44.8 Å². The van der Waals surface area contributed by atoms with Gasteiger partial charge in [0, 0.05) is 32.1 Å². The van der Waals surface area contributed by atoms with E-state index in [4.69, 9.17) is 9.47 Å². The Balaban J connectivity index is 2.83. The fraction of sp³-hybridized carbons (Fsp3) is 0.435. The van der Waals surface area contributed by atoms with E-state index in [0.29, 0.717) is 0 Å². The molecule has 0 fully saturated rings. The molecule has 0 amide bonds. The van der Waals surface area contributed by atoms with Crippen LogP contribution in [0.2, 0.25) is 0 Å². The number of rotatable bonds is 10. The lowest BCUT2D eigenvalue weighted by atomic mass is 9.88. The number of ether oxygens (including phenoxy) is 3. The van der Waals surface area contributed by atoms with E-state index < -0.39 is 0 Å². The summed E-state index contributed by atoms with van der Waals surface area (Å²) < 4.78 is 16.1. The summed E-state index contributed by atoms with van der Waals surface area (Å²) in [5.74, 6) is -0.0646. The van der Waals surface area contributed by atoms with Crippen molar-refractivity contribution >= 4 is 12.0 Å². The third-order valence-electron chi connectivity index (χ3n) is 4.59. The zero-order valence-corrected chi connectivity index (χ0v) is 17.2. The third kappa shape index (κ3) is 7.94. The minimum Gasteiger partial charge on any atom is -0.466 e. The Labute approximate surface area is 163 Å². The minimum absolute atomic E-state index is 0.0300. The first-order valence-corrected chi connectivity index (χ1v) is 9.16. The molecule has 4 heteroatoms. The van der Waals surface area contributed by atoms with E-state index in [-0.39, 0.29) is 30.0 Å². The Bertz CT molecular complexity index is 646. The standard InChI is InChI=1S/C23H32O4/c1-17(16-22(24)26-5)12-13-18(2)23(27-6)19(3)21(25-4)15-14-20-10-8-7-9-11-20/h7-16,18-19,21,23H,1-6H3/b13-12+,15-14+,17-16+/t18-,19+,21-,23-/m0/s1. The lowest BCUT2D eigenvalue weighted by Crippen LogP contribution is -2.35. The second kappa shape index (κ2) is 12.3. The molecule has 0 aliphatic carbocycles. The molecule has 0 aromatic heterocycles. The lowest BCUT2D eigenvalue weighted by Gasteiger charge is -2.30. The van der Waals surface area contributed by atoms with Crippen LogP contribution < -0.4 is 0 Å². The summed E-state index contributed by atoms with van der Waals surface area (Å²) in [6.07, 6.45) is 9.48. The van der Waals surface area contributed by atoms with Gasteiger partial charge in [-0.05, 0) is 18.1 Å². The summed E-state index contributed by atoms with van der Waals surface area (Å²) in [5, 5.41) is 0. The van der Waals surface area contributed by atoms with Gasteiger partial charge in [0.15, 0.2) is 0 Å². The molecule has 1 rings (SSSR count). The molecule has 0 saturated heterocycles. The lowest BCUT2D eigenvalue weighted by molar-refractivity contribution is -0.134. The van der Waals surface area contributed by atoms with Crippen molar-refractivity contribution in [2.75, 3.05) is 21.3 Å². The number of carbonyl (C=O) groups excluding carboxylic acids is 1. The SMILES string of the molecule is COC(=O)/C=C(C)/C=C/[C@H](C)[C@H](OC)[C@H](C)[C@H](/C=C/c1ccccc1)OC. The molecule has 1 aromatic rings. The van der Waals surface area contributed by atoms with E-state index >= 15 is 0 Å². The van der Waals surface area contributed by atoms with E-state index in [9.17, 15) is 4.79 Å². The van der Waals surface area contributed by atoms with E-state index in [1.807, 2.05) is 37.3 Å². The average molecular weight is 373 g/mol. The number of methoxy groups -OCH3 is 3. The number of carbonyl (C=O) groups is 1. The number of hydrogen-bond acceptors (Lipinski definition) is 4. The van der Waals surface area contributed by atoms with E-state index in [1.54, 1.807) is 14.2 Å². The summed E-state index contributed by atoms with van der Waals surface area (Å²) in [6.45, 7) is 6.09. The predicted molar refractivity (Wildman–Crippen MR) is 110 cm³/mol. The maximum absolute atomic E-state index is 11.3. The number of benzene rings is 1. The molecule has 0 aliphatic heterocycles. The van der Waals surface area contributed by atoms with Crippen molar-refractivity contribution < 1.29 is 19.0 Å². The number of hydrogen-bond donors (Lipinski definition) is 0. The molecule has 0 heterocycles. The van der Waals surface area contributed by atoms with Crippen LogP contribution in [0, 0.1) is 11.8 Å². The van der Waals surface area contributed by atoms with E-state index in [2.05, 4.69) is 42.9 Å². The molecule has 0 N–H and O–H groups in total. The van der Waals surface area contributed by atoms with Gasteiger partial charge in [-0.1, -0.05) is 68.5 Å². The van der Waals surface area contributed by atoms with Gasteiger partial charge in [0.1, 0.15) is 0 Å². The van der Waals surface area contributed by atoms with Gasteiger partial charge in [0.25, 0.3) is 0 Å². The first-order valence-electron chi connectivity index (χ1n) is 9.16. The zero-order valence-electron chi connectivity index (χ0n) is 17.2. The Morgan fingerprint density at radius 1 is 1.00 bits per heavy atom. The maximum atomic E-state index is 11.3. The van der Waals surface area contributed by atoms with Crippen LogP contribution >= 0.6 is 0 Å². The highest BCUT2D eigenvalue weighted by atomic mass is 16.5. The summed E-state index contributed by atoms with van der Waals surface area (Å²) in [7, 11) is 4.80. The summed E-state index contributed by atoms with van der Waals surface area (Å²) in [5.41, 5.74) is 1.97. The fourth-order valence-electron chi connectivity index (χ4n) is 3.04. The molecule has 0 aliphatic rings. The van der Waals surface area contributed by atoms with Gasteiger partial charge in [-0.3, -0.25) is 0 Å². The molecule has 0 bridgehead atoms. The second-order valence-corrected chi connectivity index (χ2v) is 6.66. The van der Waals surface area contributed by atoms with Crippen molar-refractivity contribution in [2.45, 2.75) is 33.0 Å². The van der Waals surface area contributed by atoms with Gasteiger partial charge in [-0.15, -0.1) is 0 Å². The smallest absolute Gasteiger partial charge is 0.330 e. The van der Waals surface area contributed by atoms with Crippen LogP contribution in [0.3, 0.4) is 0 Å². The summed E-state index contributed by atoms with van der Waals surface area (Å²) in [6, 6.07) is 10.1. The van der Waals surface area contributed by atoms with Gasteiger partial charge in [0.2, 0.25) is 0 Å². The van der Waals surface area contributed by atoms with Crippen LogP contribution in [0.15, 0.2) is 60.2 Å². The molecule has 148 valence electrons. The normalized spacial score (nSPS) is 17.0. The predicted octanol–water partition coefficient (Wildman–Crippen LogP) is 4.68. The Kier molecular flexibility index (Phi) is 10.4. The molecule has 0 unspecified atom stereocenters. The van der Waals surface area contributed by atoms with Gasteiger partial charge in [-0.25, -0.2) is 4.79 Å². The average Bonchev–Trinajstić information content (AvgIpc) is 2.68. The monoisotopic (exact) mass is 372 g/mol. The highest BCUT2D eigenvalue weighted by molar-refractivity contribution is 5.83. The molecule has 4 nitrogen and oxygen atoms in total. The molecule has 0 spiro atoms. The second-order valence-electron chi connectivity index (χ2n) is 6.66. The molecule has 4 atom stereocenters. The molecular weight excluding hydrogens is 340 g/mol. The van der Waals surface area contributed by atoms with Crippen LogP contribution in [-0.4, -0.2) is 39.5 Å². The molecule has 0 radical (unpaired) electrons. The van der Waals surface area contributed by atoms with Crippen LogP contribution in [0.1, 0.15) is 26.3 Å². The van der Waals surface area contributed by atoms with Gasteiger partial charge < -0.3 is 14.2 Å². The Hall–Kier alpha value is -2.17. The van der Waals surface area contributed by atoms with Crippen LogP contribution in [0.5, 0.6) is 0 Å². The fourth-order valence-corrected chi connectivity index (χ4v) is 3.04. The highest BCUT2D eigenvalue weighted by Crippen LogP contribution is 2.24. The van der Waals surface area contributed by atoms with Gasteiger partial charge in [0.05, 0.1) is 19.3 Å². The van der Waals surface area contributed by atoms with Crippen molar-refractivity contribution in [2.24, 2.45) is 11.8 Å². The minimum atomic E-state index is -0.355. The van der Waals surface area contributed by atoms with E-state index in [0.717, 1.165) is 11.1 Å². The van der Waals surface area contributed by atoms with Gasteiger partial charge >= 0.3 is 5.97 Å².